The average molecular weight is 355 g/mol. The van der Waals surface area contributed by atoms with Crippen molar-refractivity contribution in [2.75, 3.05) is 32.5 Å². The molecule has 1 aliphatic rings. The van der Waals surface area contributed by atoms with E-state index in [0.29, 0.717) is 6.54 Å². The van der Waals surface area contributed by atoms with Crippen LogP contribution in [0, 0.1) is 10.1 Å². The van der Waals surface area contributed by atoms with Gasteiger partial charge in [0.15, 0.2) is 0 Å². The lowest BCUT2D eigenvalue weighted by atomic mass is 10.2. The summed E-state index contributed by atoms with van der Waals surface area (Å²) in [6.07, 6.45) is 4.73. The van der Waals surface area contributed by atoms with E-state index < -0.39 is 14.9 Å². The maximum atomic E-state index is 11.3. The highest BCUT2D eigenvalue weighted by Crippen LogP contribution is 2.29. The number of nitro groups is 1. The second kappa shape index (κ2) is 7.05. The first kappa shape index (κ1) is 18.0. The van der Waals surface area contributed by atoms with Crippen LogP contribution in [0.25, 0.3) is 0 Å². The van der Waals surface area contributed by atoms with Crippen LogP contribution in [0.3, 0.4) is 0 Å². The second-order valence-electron chi connectivity index (χ2n) is 5.87. The van der Waals surface area contributed by atoms with Crippen molar-refractivity contribution in [3.8, 4) is 0 Å². The lowest BCUT2D eigenvalue weighted by Gasteiger charge is -2.16. The van der Waals surface area contributed by atoms with Gasteiger partial charge < -0.3 is 15.1 Å². The summed E-state index contributed by atoms with van der Waals surface area (Å²) in [6, 6.07) is 3.67. The van der Waals surface area contributed by atoms with Crippen molar-refractivity contribution in [1.29, 1.82) is 0 Å². The molecule has 0 spiro atoms. The van der Waals surface area contributed by atoms with Gasteiger partial charge in [0, 0.05) is 51.7 Å². The van der Waals surface area contributed by atoms with Crippen molar-refractivity contribution in [2.24, 2.45) is 5.14 Å². The number of nitrogens with one attached hydrogen (secondary N) is 1. The lowest BCUT2D eigenvalue weighted by molar-refractivity contribution is -0.384. The molecule has 0 radical (unpaired) electrons. The molecule has 2 rings (SSSR count). The normalized spacial score (nSPS) is 18.1. The molecule has 24 heavy (non-hydrogen) atoms. The van der Waals surface area contributed by atoms with Crippen LogP contribution in [0.5, 0.6) is 0 Å². The number of anilines is 1. The lowest BCUT2D eigenvalue weighted by Crippen LogP contribution is -2.24. The fourth-order valence-electron chi connectivity index (χ4n) is 2.45. The highest BCUT2D eigenvalue weighted by molar-refractivity contribution is 7.89. The maximum absolute atomic E-state index is 11.3. The standard InChI is InChI=1S/C14H21N5O4S/c1-17(2)7-8-18-6-5-11(10-18)16-13-4-3-12(24(15,22)23)9-14(13)19(20)21/h3-4,7-9,11,16H,5-6,10H2,1-2H3,(H2,15,22,23)/t11-/m1/s1. The molecule has 3 N–H and O–H groups in total. The first-order valence-corrected chi connectivity index (χ1v) is 8.88. The number of hydrogen-bond acceptors (Lipinski definition) is 7. The number of hydrogen-bond donors (Lipinski definition) is 2. The van der Waals surface area contributed by atoms with Gasteiger partial charge in [0.2, 0.25) is 10.0 Å². The molecular formula is C14H21N5O4S. The van der Waals surface area contributed by atoms with Crippen molar-refractivity contribution in [3.05, 3.63) is 40.7 Å². The number of nitrogens with two attached hydrogens (primary N) is 1. The molecular weight excluding hydrogens is 334 g/mol. The van der Waals surface area contributed by atoms with Crippen molar-refractivity contribution in [1.82, 2.24) is 9.80 Å². The Hall–Kier alpha value is -2.33. The Balaban J connectivity index is 2.14. The van der Waals surface area contributed by atoms with Crippen molar-refractivity contribution >= 4 is 21.4 Å². The predicted molar refractivity (Wildman–Crippen MR) is 90.9 cm³/mol. The largest absolute Gasteiger partial charge is 0.382 e. The minimum Gasteiger partial charge on any atom is -0.382 e. The highest BCUT2D eigenvalue weighted by Gasteiger charge is 2.24. The van der Waals surface area contributed by atoms with Gasteiger partial charge in [-0.2, -0.15) is 0 Å². The topological polar surface area (TPSA) is 122 Å². The molecule has 0 saturated carbocycles. The molecule has 0 unspecified atom stereocenters. The fraction of sp³-hybridized carbons (Fsp3) is 0.429. The SMILES string of the molecule is CN(C)C=CN1CC[C@@H](Nc2ccc(S(N)(=O)=O)cc2[N+](=O)[O-])C1. The fourth-order valence-corrected chi connectivity index (χ4v) is 2.98. The van der Waals surface area contributed by atoms with Crippen LogP contribution in [-0.4, -0.2) is 56.4 Å². The van der Waals surface area contributed by atoms with E-state index in [2.05, 4.69) is 10.2 Å². The number of nitro benzene ring substituents is 1. The summed E-state index contributed by atoms with van der Waals surface area (Å²) in [5.41, 5.74) is -0.0142. The summed E-state index contributed by atoms with van der Waals surface area (Å²) in [5, 5.41) is 19.4. The predicted octanol–water partition coefficient (Wildman–Crippen LogP) is 0.761. The summed E-state index contributed by atoms with van der Waals surface area (Å²) >= 11 is 0. The van der Waals surface area contributed by atoms with E-state index in [1.54, 1.807) is 0 Å². The van der Waals surface area contributed by atoms with E-state index in [4.69, 9.17) is 5.14 Å². The Kier molecular flexibility index (Phi) is 5.30. The molecule has 1 atom stereocenters. The van der Waals surface area contributed by atoms with Crippen molar-refractivity contribution < 1.29 is 13.3 Å². The summed E-state index contributed by atoms with van der Waals surface area (Å²) in [6.45, 7) is 1.55. The van der Waals surface area contributed by atoms with Gasteiger partial charge in [0.1, 0.15) is 5.69 Å². The molecule has 1 aliphatic heterocycles. The van der Waals surface area contributed by atoms with Crippen LogP contribution in [-0.2, 0) is 10.0 Å². The summed E-state index contributed by atoms with van der Waals surface area (Å²) < 4.78 is 22.7. The van der Waals surface area contributed by atoms with E-state index in [1.807, 2.05) is 31.4 Å². The number of primary sulfonamides is 1. The van der Waals surface area contributed by atoms with Gasteiger partial charge in [0.25, 0.3) is 5.69 Å². The van der Waals surface area contributed by atoms with E-state index in [-0.39, 0.29) is 22.3 Å². The van der Waals surface area contributed by atoms with Crippen LogP contribution in [0.1, 0.15) is 6.42 Å². The number of benzene rings is 1. The van der Waals surface area contributed by atoms with E-state index in [0.717, 1.165) is 19.0 Å². The molecule has 1 heterocycles. The molecule has 1 fully saturated rings. The molecule has 0 bridgehead atoms. The molecule has 10 heteroatoms. The zero-order valence-electron chi connectivity index (χ0n) is 13.5. The smallest absolute Gasteiger partial charge is 0.293 e. The van der Waals surface area contributed by atoms with Gasteiger partial charge in [-0.1, -0.05) is 0 Å². The van der Waals surface area contributed by atoms with Gasteiger partial charge in [0.05, 0.1) is 9.82 Å². The average Bonchev–Trinajstić information content (AvgIpc) is 2.91. The second-order valence-corrected chi connectivity index (χ2v) is 7.43. The van der Waals surface area contributed by atoms with Crippen LogP contribution in [0.2, 0.25) is 0 Å². The summed E-state index contributed by atoms with van der Waals surface area (Å²) in [5.74, 6) is 0. The maximum Gasteiger partial charge on any atom is 0.293 e. The Bertz CT molecular complexity index is 748. The zero-order chi connectivity index (χ0) is 17.9. The third-order valence-corrected chi connectivity index (χ3v) is 4.56. The molecule has 1 saturated heterocycles. The molecule has 0 amide bonds. The molecule has 1 aromatic rings. The monoisotopic (exact) mass is 355 g/mol. The quantitative estimate of drug-likeness (QED) is 0.570. The third kappa shape index (κ3) is 4.59. The first-order chi connectivity index (χ1) is 11.2. The van der Waals surface area contributed by atoms with Gasteiger partial charge in [-0.3, -0.25) is 10.1 Å². The van der Waals surface area contributed by atoms with E-state index in [1.165, 1.54) is 12.1 Å². The van der Waals surface area contributed by atoms with Gasteiger partial charge in [-0.15, -0.1) is 0 Å². The Morgan fingerprint density at radius 3 is 2.75 bits per heavy atom. The minimum absolute atomic E-state index is 0.0378. The van der Waals surface area contributed by atoms with E-state index >= 15 is 0 Å². The highest BCUT2D eigenvalue weighted by atomic mass is 32.2. The van der Waals surface area contributed by atoms with Crippen LogP contribution in [0.4, 0.5) is 11.4 Å². The van der Waals surface area contributed by atoms with Crippen LogP contribution >= 0.6 is 0 Å². The number of rotatable bonds is 6. The molecule has 132 valence electrons. The van der Waals surface area contributed by atoms with Gasteiger partial charge in [-0.05, 0) is 18.6 Å². The Morgan fingerprint density at radius 2 is 2.17 bits per heavy atom. The number of likely N-dealkylation sites (tertiary alicyclic amines) is 1. The van der Waals surface area contributed by atoms with Crippen molar-refractivity contribution in [3.63, 3.8) is 0 Å². The van der Waals surface area contributed by atoms with Gasteiger partial charge in [-0.25, -0.2) is 13.6 Å². The summed E-state index contributed by atoms with van der Waals surface area (Å²) in [4.78, 5) is 14.4. The summed E-state index contributed by atoms with van der Waals surface area (Å²) in [7, 11) is -0.123. The molecule has 9 nitrogen and oxygen atoms in total. The van der Waals surface area contributed by atoms with E-state index in [9.17, 15) is 18.5 Å². The molecule has 0 aliphatic carbocycles. The molecule has 1 aromatic carbocycles. The Morgan fingerprint density at radius 1 is 1.46 bits per heavy atom. The van der Waals surface area contributed by atoms with Gasteiger partial charge >= 0.3 is 0 Å². The number of sulfonamides is 1. The van der Waals surface area contributed by atoms with Crippen molar-refractivity contribution in [2.45, 2.75) is 17.4 Å². The Labute approximate surface area is 140 Å². The van der Waals surface area contributed by atoms with Crippen LogP contribution in [0.15, 0.2) is 35.5 Å². The zero-order valence-corrected chi connectivity index (χ0v) is 14.4. The molecule has 0 aromatic heterocycles. The number of nitrogens with zero attached hydrogens (tertiary/aromatic N) is 3. The minimum atomic E-state index is -3.98. The first-order valence-electron chi connectivity index (χ1n) is 7.33. The third-order valence-electron chi connectivity index (χ3n) is 3.65. The van der Waals surface area contributed by atoms with Crippen LogP contribution < -0.4 is 10.5 Å².